The fourth-order valence-corrected chi connectivity index (χ4v) is 1.73. The van der Waals surface area contributed by atoms with Gasteiger partial charge in [0.25, 0.3) is 5.91 Å². The van der Waals surface area contributed by atoms with Crippen molar-refractivity contribution in [2.75, 3.05) is 25.0 Å². The van der Waals surface area contributed by atoms with Crippen molar-refractivity contribution < 1.29 is 4.79 Å². The third-order valence-electron chi connectivity index (χ3n) is 2.54. The van der Waals surface area contributed by atoms with Crippen LogP contribution in [0.5, 0.6) is 0 Å². The molecular formula is C10H15N5O. The predicted octanol–water partition coefficient (Wildman–Crippen LogP) is -0.626. The van der Waals surface area contributed by atoms with Crippen molar-refractivity contribution in [3.8, 4) is 0 Å². The van der Waals surface area contributed by atoms with Gasteiger partial charge in [-0.2, -0.15) is 0 Å². The first-order chi connectivity index (χ1) is 7.52. The molecule has 3 N–H and O–H groups in total. The summed E-state index contributed by atoms with van der Waals surface area (Å²) in [6.45, 7) is 3.53. The van der Waals surface area contributed by atoms with E-state index in [0.29, 0.717) is 5.69 Å². The summed E-state index contributed by atoms with van der Waals surface area (Å²) in [6, 6.07) is 3.44. The number of aromatic nitrogens is 2. The van der Waals surface area contributed by atoms with Crippen molar-refractivity contribution in [2.24, 2.45) is 5.73 Å². The van der Waals surface area contributed by atoms with Crippen LogP contribution in [-0.4, -0.2) is 41.8 Å². The molecular weight excluding hydrogens is 206 g/mol. The molecule has 2 rings (SSSR count). The third kappa shape index (κ3) is 1.96. The van der Waals surface area contributed by atoms with Crippen molar-refractivity contribution in [2.45, 2.75) is 12.5 Å². The van der Waals surface area contributed by atoms with Crippen LogP contribution in [-0.2, 0) is 0 Å². The maximum atomic E-state index is 11.2. The van der Waals surface area contributed by atoms with E-state index in [1.54, 1.807) is 19.2 Å². The van der Waals surface area contributed by atoms with Crippen molar-refractivity contribution in [1.29, 1.82) is 0 Å². The quantitative estimate of drug-likeness (QED) is 0.695. The summed E-state index contributed by atoms with van der Waals surface area (Å²) in [5.41, 5.74) is 6.08. The molecule has 0 spiro atoms. The first-order valence-electron chi connectivity index (χ1n) is 5.11. The predicted molar refractivity (Wildman–Crippen MR) is 60.2 cm³/mol. The molecule has 0 aliphatic carbocycles. The Hall–Kier alpha value is -1.69. The van der Waals surface area contributed by atoms with Crippen LogP contribution in [0, 0.1) is 0 Å². The van der Waals surface area contributed by atoms with E-state index in [0.717, 1.165) is 18.9 Å². The van der Waals surface area contributed by atoms with Crippen molar-refractivity contribution in [3.05, 3.63) is 17.8 Å². The fraction of sp³-hybridized carbons (Fsp3) is 0.500. The number of amides is 1. The molecule has 1 amide bonds. The molecule has 1 aromatic rings. The van der Waals surface area contributed by atoms with Crippen LogP contribution in [0.3, 0.4) is 0 Å². The molecule has 0 saturated carbocycles. The van der Waals surface area contributed by atoms with Crippen molar-refractivity contribution in [3.63, 3.8) is 0 Å². The largest absolute Gasteiger partial charge is 0.354 e. The Morgan fingerprint density at radius 1 is 1.50 bits per heavy atom. The van der Waals surface area contributed by atoms with Crippen LogP contribution >= 0.6 is 0 Å². The van der Waals surface area contributed by atoms with Crippen LogP contribution in [0.1, 0.15) is 17.4 Å². The molecule has 1 fully saturated rings. The van der Waals surface area contributed by atoms with Gasteiger partial charge < -0.3 is 16.0 Å². The minimum absolute atomic E-state index is 0.138. The van der Waals surface area contributed by atoms with Gasteiger partial charge in [0, 0.05) is 25.7 Å². The van der Waals surface area contributed by atoms with Gasteiger partial charge >= 0.3 is 0 Å². The molecule has 0 aromatic carbocycles. The number of nitrogens with two attached hydrogens (primary N) is 1. The minimum atomic E-state index is -0.230. The van der Waals surface area contributed by atoms with Gasteiger partial charge in [0.05, 0.1) is 0 Å². The third-order valence-corrected chi connectivity index (χ3v) is 2.54. The molecule has 1 aliphatic heterocycles. The Morgan fingerprint density at radius 3 is 2.62 bits per heavy atom. The van der Waals surface area contributed by atoms with Gasteiger partial charge in [0.1, 0.15) is 0 Å². The molecule has 6 heteroatoms. The van der Waals surface area contributed by atoms with Gasteiger partial charge in [-0.15, -0.1) is 10.2 Å². The van der Waals surface area contributed by atoms with Gasteiger partial charge in [-0.05, 0) is 19.1 Å². The van der Waals surface area contributed by atoms with Crippen LogP contribution in [0.4, 0.5) is 5.82 Å². The van der Waals surface area contributed by atoms with Gasteiger partial charge in [-0.3, -0.25) is 4.79 Å². The molecule has 1 aliphatic rings. The van der Waals surface area contributed by atoms with Gasteiger partial charge in [0.15, 0.2) is 11.5 Å². The first-order valence-corrected chi connectivity index (χ1v) is 5.11. The van der Waals surface area contributed by atoms with Crippen molar-refractivity contribution >= 4 is 11.7 Å². The average molecular weight is 221 g/mol. The van der Waals surface area contributed by atoms with Gasteiger partial charge in [-0.25, -0.2) is 0 Å². The summed E-state index contributed by atoms with van der Waals surface area (Å²) in [7, 11) is 1.56. The average Bonchev–Trinajstić information content (AvgIpc) is 2.25. The number of anilines is 1. The Labute approximate surface area is 93.8 Å². The highest BCUT2D eigenvalue weighted by Gasteiger charge is 2.35. The van der Waals surface area contributed by atoms with E-state index >= 15 is 0 Å². The molecule has 1 aromatic heterocycles. The Bertz CT molecular complexity index is 392. The molecule has 0 radical (unpaired) electrons. The van der Waals surface area contributed by atoms with E-state index in [-0.39, 0.29) is 11.4 Å². The lowest BCUT2D eigenvalue weighted by molar-refractivity contribution is 0.0957. The zero-order valence-corrected chi connectivity index (χ0v) is 9.40. The minimum Gasteiger partial charge on any atom is -0.354 e. The number of hydrogen-bond acceptors (Lipinski definition) is 5. The Morgan fingerprint density at radius 2 is 2.19 bits per heavy atom. The molecule has 0 atom stereocenters. The molecule has 0 bridgehead atoms. The van der Waals surface area contributed by atoms with E-state index in [1.807, 2.05) is 11.8 Å². The van der Waals surface area contributed by atoms with E-state index in [2.05, 4.69) is 15.5 Å². The van der Waals surface area contributed by atoms with Crippen LogP contribution in [0.2, 0.25) is 0 Å². The number of carbonyl (C=O) groups excluding carboxylic acids is 1. The van der Waals surface area contributed by atoms with E-state index in [1.165, 1.54) is 0 Å². The van der Waals surface area contributed by atoms with Crippen LogP contribution in [0.15, 0.2) is 12.1 Å². The number of carbonyl (C=O) groups is 1. The fourth-order valence-electron chi connectivity index (χ4n) is 1.73. The summed E-state index contributed by atoms with van der Waals surface area (Å²) in [4.78, 5) is 13.3. The number of nitrogens with zero attached hydrogens (tertiary/aromatic N) is 3. The zero-order chi connectivity index (χ0) is 11.8. The number of nitrogens with one attached hydrogen (secondary N) is 1. The second kappa shape index (κ2) is 3.71. The van der Waals surface area contributed by atoms with Crippen LogP contribution in [0.25, 0.3) is 0 Å². The first kappa shape index (κ1) is 10.8. The zero-order valence-electron chi connectivity index (χ0n) is 9.40. The lowest BCUT2D eigenvalue weighted by atomic mass is 9.94. The molecule has 6 nitrogen and oxygen atoms in total. The van der Waals surface area contributed by atoms with Crippen molar-refractivity contribution in [1.82, 2.24) is 15.5 Å². The van der Waals surface area contributed by atoms with Gasteiger partial charge in [0.2, 0.25) is 0 Å². The van der Waals surface area contributed by atoms with E-state index in [4.69, 9.17) is 5.73 Å². The summed E-state index contributed by atoms with van der Waals surface area (Å²) in [5, 5.41) is 10.3. The lowest BCUT2D eigenvalue weighted by Gasteiger charge is -2.45. The molecule has 0 unspecified atom stereocenters. The van der Waals surface area contributed by atoms with E-state index in [9.17, 15) is 4.79 Å². The van der Waals surface area contributed by atoms with Crippen LogP contribution < -0.4 is 16.0 Å². The normalized spacial score (nSPS) is 17.8. The molecule has 1 saturated heterocycles. The van der Waals surface area contributed by atoms with E-state index < -0.39 is 0 Å². The SMILES string of the molecule is CNC(=O)c1ccc(N2CC(C)(N)C2)nn1. The number of rotatable bonds is 2. The highest BCUT2D eigenvalue weighted by molar-refractivity contribution is 5.91. The lowest BCUT2D eigenvalue weighted by Crippen LogP contribution is -2.65. The van der Waals surface area contributed by atoms with Gasteiger partial charge in [-0.1, -0.05) is 0 Å². The topological polar surface area (TPSA) is 84.1 Å². The molecule has 86 valence electrons. The second-order valence-corrected chi connectivity index (χ2v) is 4.37. The Kier molecular flexibility index (Phi) is 2.51. The highest BCUT2D eigenvalue weighted by atomic mass is 16.1. The molecule has 16 heavy (non-hydrogen) atoms. The summed E-state index contributed by atoms with van der Waals surface area (Å²) in [5.74, 6) is 0.530. The maximum Gasteiger partial charge on any atom is 0.271 e. The summed E-state index contributed by atoms with van der Waals surface area (Å²) in [6.07, 6.45) is 0. The smallest absolute Gasteiger partial charge is 0.271 e. The monoisotopic (exact) mass is 221 g/mol. The summed E-state index contributed by atoms with van der Waals surface area (Å²) < 4.78 is 0. The standard InChI is InChI=1S/C10H15N5O/c1-10(11)5-15(6-10)8-4-3-7(13-14-8)9(16)12-2/h3-4H,5-6,11H2,1-2H3,(H,12,16). The highest BCUT2D eigenvalue weighted by Crippen LogP contribution is 2.22. The number of hydrogen-bond donors (Lipinski definition) is 2. The summed E-state index contributed by atoms with van der Waals surface area (Å²) >= 11 is 0. The maximum absolute atomic E-state index is 11.2. The molecule has 2 heterocycles. The second-order valence-electron chi connectivity index (χ2n) is 4.37. The Balaban J connectivity index is 2.06.